The molecule has 2 rings (SSSR count). The van der Waals surface area contributed by atoms with Crippen LogP contribution in [0.3, 0.4) is 0 Å². The van der Waals surface area contributed by atoms with E-state index in [1.165, 1.54) is 6.92 Å². The topological polar surface area (TPSA) is 71.8 Å². The van der Waals surface area contributed by atoms with Crippen LogP contribution in [-0.4, -0.2) is 36.4 Å². The first-order valence-electron chi connectivity index (χ1n) is 7.78. The summed E-state index contributed by atoms with van der Waals surface area (Å²) in [7, 11) is 0. The van der Waals surface area contributed by atoms with Gasteiger partial charge in [0.05, 0.1) is 12.8 Å². The highest BCUT2D eigenvalue weighted by Crippen LogP contribution is 2.11. The highest BCUT2D eigenvalue weighted by atomic mass is 16.5. The van der Waals surface area contributed by atoms with Gasteiger partial charge in [0.25, 0.3) is 5.91 Å². The van der Waals surface area contributed by atoms with E-state index >= 15 is 0 Å². The Bertz CT molecular complexity index is 650. The third-order valence-corrected chi connectivity index (χ3v) is 3.47. The molecule has 1 aromatic heterocycles. The molecule has 0 atom stereocenters. The van der Waals surface area contributed by atoms with Gasteiger partial charge < -0.3 is 19.4 Å². The van der Waals surface area contributed by atoms with Crippen LogP contribution in [0.2, 0.25) is 0 Å². The molecule has 2 aromatic rings. The number of carbonyl (C=O) groups excluding carboxylic acids is 2. The molecule has 0 aliphatic carbocycles. The van der Waals surface area contributed by atoms with E-state index in [0.29, 0.717) is 31.1 Å². The standard InChI is InChI=1S/C18H22N2O4/c1-14-5-7-16(8-6-14)24-13-18(22)19-9-10-20(15(2)21)12-17-4-3-11-23-17/h3-8,11H,9-10,12-13H2,1-2H3,(H,19,22). The van der Waals surface area contributed by atoms with E-state index in [4.69, 9.17) is 9.15 Å². The summed E-state index contributed by atoms with van der Waals surface area (Å²) in [6.07, 6.45) is 1.57. The van der Waals surface area contributed by atoms with Crippen LogP contribution in [0.5, 0.6) is 5.75 Å². The fraction of sp³-hybridized carbons (Fsp3) is 0.333. The lowest BCUT2D eigenvalue weighted by Gasteiger charge is -2.20. The van der Waals surface area contributed by atoms with Crippen LogP contribution in [0.4, 0.5) is 0 Å². The average molecular weight is 330 g/mol. The Morgan fingerprint density at radius 2 is 1.96 bits per heavy atom. The Kier molecular flexibility index (Phi) is 6.42. The van der Waals surface area contributed by atoms with Crippen LogP contribution in [0.1, 0.15) is 18.2 Å². The highest BCUT2D eigenvalue weighted by Gasteiger charge is 2.11. The predicted octanol–water partition coefficient (Wildman–Crippen LogP) is 2.13. The normalized spacial score (nSPS) is 10.2. The fourth-order valence-electron chi connectivity index (χ4n) is 2.10. The molecule has 0 aliphatic rings. The van der Waals surface area contributed by atoms with E-state index < -0.39 is 0 Å². The number of nitrogens with one attached hydrogen (secondary N) is 1. The van der Waals surface area contributed by atoms with Crippen molar-refractivity contribution in [2.75, 3.05) is 19.7 Å². The van der Waals surface area contributed by atoms with E-state index in [2.05, 4.69) is 5.32 Å². The van der Waals surface area contributed by atoms with Gasteiger partial charge in [-0.15, -0.1) is 0 Å². The van der Waals surface area contributed by atoms with E-state index in [1.54, 1.807) is 17.2 Å². The molecule has 0 saturated heterocycles. The lowest BCUT2D eigenvalue weighted by molar-refractivity contribution is -0.130. The van der Waals surface area contributed by atoms with Crippen molar-refractivity contribution >= 4 is 11.8 Å². The molecule has 0 spiro atoms. The van der Waals surface area contributed by atoms with Crippen LogP contribution in [0, 0.1) is 6.92 Å². The maximum absolute atomic E-state index is 11.8. The molecule has 2 amide bonds. The van der Waals surface area contributed by atoms with E-state index in [9.17, 15) is 9.59 Å². The number of benzene rings is 1. The number of nitrogens with zero attached hydrogens (tertiary/aromatic N) is 1. The monoisotopic (exact) mass is 330 g/mol. The summed E-state index contributed by atoms with van der Waals surface area (Å²) in [5.41, 5.74) is 1.13. The number of furan rings is 1. The molecule has 1 aromatic carbocycles. The summed E-state index contributed by atoms with van der Waals surface area (Å²) in [5, 5.41) is 2.74. The molecule has 1 heterocycles. The zero-order chi connectivity index (χ0) is 17.4. The maximum Gasteiger partial charge on any atom is 0.258 e. The van der Waals surface area contributed by atoms with Crippen LogP contribution in [0.15, 0.2) is 47.1 Å². The minimum Gasteiger partial charge on any atom is -0.484 e. The quantitative estimate of drug-likeness (QED) is 0.805. The zero-order valence-electron chi connectivity index (χ0n) is 14.0. The maximum atomic E-state index is 11.8. The van der Waals surface area contributed by atoms with Gasteiger partial charge in [0.2, 0.25) is 5.91 Å². The number of hydrogen-bond donors (Lipinski definition) is 1. The van der Waals surface area contributed by atoms with Crippen LogP contribution >= 0.6 is 0 Å². The Morgan fingerprint density at radius 1 is 1.21 bits per heavy atom. The Balaban J connectivity index is 1.70. The summed E-state index contributed by atoms with van der Waals surface area (Å²) >= 11 is 0. The van der Waals surface area contributed by atoms with Gasteiger partial charge in [-0.25, -0.2) is 0 Å². The number of rotatable bonds is 8. The second kappa shape index (κ2) is 8.76. The predicted molar refractivity (Wildman–Crippen MR) is 89.5 cm³/mol. The van der Waals surface area contributed by atoms with Crippen molar-refractivity contribution < 1.29 is 18.7 Å². The molecule has 24 heavy (non-hydrogen) atoms. The summed E-state index contributed by atoms with van der Waals surface area (Å²) < 4.78 is 10.6. The van der Waals surface area contributed by atoms with Gasteiger partial charge in [-0.1, -0.05) is 17.7 Å². The second-order valence-corrected chi connectivity index (χ2v) is 5.47. The number of amides is 2. The van der Waals surface area contributed by atoms with Crippen molar-refractivity contribution in [2.24, 2.45) is 0 Å². The molecule has 0 aliphatic heterocycles. The van der Waals surface area contributed by atoms with Crippen molar-refractivity contribution in [1.29, 1.82) is 0 Å². The fourth-order valence-corrected chi connectivity index (χ4v) is 2.10. The van der Waals surface area contributed by atoms with E-state index in [0.717, 1.165) is 5.56 Å². The Hall–Kier alpha value is -2.76. The average Bonchev–Trinajstić information content (AvgIpc) is 3.06. The summed E-state index contributed by atoms with van der Waals surface area (Å²) in [4.78, 5) is 25.0. The van der Waals surface area contributed by atoms with Gasteiger partial charge in [-0.2, -0.15) is 0 Å². The van der Waals surface area contributed by atoms with Gasteiger partial charge in [0, 0.05) is 20.0 Å². The second-order valence-electron chi connectivity index (χ2n) is 5.47. The van der Waals surface area contributed by atoms with Gasteiger partial charge in [-0.3, -0.25) is 9.59 Å². The summed E-state index contributed by atoms with van der Waals surface area (Å²) in [5.74, 6) is 1.06. The van der Waals surface area contributed by atoms with E-state index in [1.807, 2.05) is 37.3 Å². The van der Waals surface area contributed by atoms with Gasteiger partial charge in [0.1, 0.15) is 11.5 Å². The first-order valence-corrected chi connectivity index (χ1v) is 7.78. The van der Waals surface area contributed by atoms with Crippen LogP contribution in [0.25, 0.3) is 0 Å². The lowest BCUT2D eigenvalue weighted by Crippen LogP contribution is -2.38. The Labute approximate surface area is 141 Å². The highest BCUT2D eigenvalue weighted by molar-refractivity contribution is 5.77. The number of ether oxygens (including phenoxy) is 1. The molecule has 0 bridgehead atoms. The lowest BCUT2D eigenvalue weighted by atomic mass is 10.2. The summed E-state index contributed by atoms with van der Waals surface area (Å²) in [6, 6.07) is 11.1. The minimum atomic E-state index is -0.225. The van der Waals surface area contributed by atoms with Crippen molar-refractivity contribution in [3.05, 3.63) is 54.0 Å². The number of hydrogen-bond acceptors (Lipinski definition) is 4. The van der Waals surface area contributed by atoms with Gasteiger partial charge >= 0.3 is 0 Å². The third kappa shape index (κ3) is 5.79. The molecular weight excluding hydrogens is 308 g/mol. The van der Waals surface area contributed by atoms with Crippen molar-refractivity contribution in [2.45, 2.75) is 20.4 Å². The molecule has 0 fully saturated rings. The first kappa shape index (κ1) is 17.6. The van der Waals surface area contributed by atoms with Crippen LogP contribution < -0.4 is 10.1 Å². The molecule has 0 unspecified atom stereocenters. The van der Waals surface area contributed by atoms with Gasteiger partial charge in [0.15, 0.2) is 6.61 Å². The molecule has 0 radical (unpaired) electrons. The largest absolute Gasteiger partial charge is 0.484 e. The molecule has 1 N–H and O–H groups in total. The molecule has 6 nitrogen and oxygen atoms in total. The number of carbonyl (C=O) groups is 2. The molecular formula is C18H22N2O4. The zero-order valence-corrected chi connectivity index (χ0v) is 14.0. The Morgan fingerprint density at radius 3 is 2.58 bits per heavy atom. The van der Waals surface area contributed by atoms with Crippen molar-refractivity contribution in [3.63, 3.8) is 0 Å². The third-order valence-electron chi connectivity index (χ3n) is 3.47. The molecule has 6 heteroatoms. The van der Waals surface area contributed by atoms with Crippen molar-refractivity contribution in [1.82, 2.24) is 10.2 Å². The number of aryl methyl sites for hydroxylation is 1. The van der Waals surface area contributed by atoms with Gasteiger partial charge in [-0.05, 0) is 31.2 Å². The molecule has 128 valence electrons. The minimum absolute atomic E-state index is 0.0542. The van der Waals surface area contributed by atoms with Crippen LogP contribution in [-0.2, 0) is 16.1 Å². The smallest absolute Gasteiger partial charge is 0.258 e. The first-order chi connectivity index (χ1) is 11.5. The molecule has 0 saturated carbocycles. The summed E-state index contributed by atoms with van der Waals surface area (Å²) in [6.45, 7) is 4.58. The SMILES string of the molecule is CC(=O)N(CCNC(=O)COc1ccc(C)cc1)Cc1ccco1. The van der Waals surface area contributed by atoms with Crippen molar-refractivity contribution in [3.8, 4) is 5.75 Å². The van der Waals surface area contributed by atoms with E-state index in [-0.39, 0.29) is 18.4 Å².